The summed E-state index contributed by atoms with van der Waals surface area (Å²) >= 11 is 0. The number of nitrogens with one attached hydrogen (secondary N) is 2. The predicted octanol–water partition coefficient (Wildman–Crippen LogP) is 2.23. The zero-order valence-electron chi connectivity index (χ0n) is 10.8. The molecule has 2 atom stereocenters. The predicted molar refractivity (Wildman–Crippen MR) is 68.6 cm³/mol. The first-order valence-corrected chi connectivity index (χ1v) is 9.42. The first-order valence-electron chi connectivity index (χ1n) is 5.84. The van der Waals surface area contributed by atoms with Crippen molar-refractivity contribution in [1.82, 2.24) is 10.6 Å². The minimum absolute atomic E-state index is 0.591. The summed E-state index contributed by atoms with van der Waals surface area (Å²) in [6.07, 6.45) is 1.22. The third-order valence-electron chi connectivity index (χ3n) is 2.77. The zero-order chi connectivity index (χ0) is 11.2. The average molecular weight is 216 g/mol. The molecule has 0 aliphatic carbocycles. The first kappa shape index (κ1) is 14.1. The van der Waals surface area contributed by atoms with Crippen LogP contribution in [0.1, 0.15) is 27.2 Å². The molecule has 14 heavy (non-hydrogen) atoms. The number of hydrogen-bond donors (Lipinski definition) is 2. The quantitative estimate of drug-likeness (QED) is 0.638. The highest BCUT2D eigenvalue weighted by Gasteiger charge is 2.21. The zero-order valence-corrected chi connectivity index (χ0v) is 11.8. The van der Waals surface area contributed by atoms with Crippen molar-refractivity contribution in [1.29, 1.82) is 0 Å². The molecular weight excluding hydrogens is 188 g/mol. The normalized spacial score (nSPS) is 16.7. The van der Waals surface area contributed by atoms with E-state index in [1.54, 1.807) is 0 Å². The molecule has 0 spiro atoms. The molecule has 0 amide bonds. The van der Waals surface area contributed by atoms with Gasteiger partial charge in [0.1, 0.15) is 0 Å². The molecule has 0 aromatic rings. The molecule has 0 rings (SSSR count). The van der Waals surface area contributed by atoms with Gasteiger partial charge in [0.25, 0.3) is 0 Å². The summed E-state index contributed by atoms with van der Waals surface area (Å²) in [5.74, 6) is 0. The van der Waals surface area contributed by atoms with Crippen molar-refractivity contribution in [3.05, 3.63) is 0 Å². The maximum atomic E-state index is 3.63. The Morgan fingerprint density at radius 1 is 1.07 bits per heavy atom. The van der Waals surface area contributed by atoms with Gasteiger partial charge in [0, 0.05) is 12.6 Å². The molecule has 0 aliphatic rings. The van der Waals surface area contributed by atoms with Crippen molar-refractivity contribution in [2.45, 2.75) is 58.5 Å². The number of rotatable bonds is 7. The van der Waals surface area contributed by atoms with Crippen molar-refractivity contribution in [2.24, 2.45) is 0 Å². The fraction of sp³-hybridized carbons (Fsp3) is 1.00. The lowest BCUT2D eigenvalue weighted by atomic mass is 10.3. The van der Waals surface area contributed by atoms with Crippen molar-refractivity contribution in [3.63, 3.8) is 0 Å². The summed E-state index contributed by atoms with van der Waals surface area (Å²) in [4.78, 5) is 0. The van der Waals surface area contributed by atoms with Crippen molar-refractivity contribution >= 4 is 8.07 Å². The van der Waals surface area contributed by atoms with Gasteiger partial charge >= 0.3 is 0 Å². The van der Waals surface area contributed by atoms with Crippen molar-refractivity contribution < 1.29 is 0 Å². The molecule has 0 aliphatic heterocycles. The fourth-order valence-corrected chi connectivity index (χ4v) is 1.85. The molecule has 86 valence electrons. The van der Waals surface area contributed by atoms with Crippen LogP contribution in [0.5, 0.6) is 0 Å². The summed E-state index contributed by atoms with van der Waals surface area (Å²) in [6.45, 7) is 16.2. The highest BCUT2D eigenvalue weighted by molar-refractivity contribution is 6.77. The summed E-state index contributed by atoms with van der Waals surface area (Å²) in [5, 5.41) is 7.12. The van der Waals surface area contributed by atoms with E-state index in [-0.39, 0.29) is 0 Å². The largest absolute Gasteiger partial charge is 0.315 e. The topological polar surface area (TPSA) is 24.1 Å². The van der Waals surface area contributed by atoms with E-state index in [1.165, 1.54) is 6.42 Å². The summed E-state index contributed by atoms with van der Waals surface area (Å²) in [6, 6.07) is 0.591. The lowest BCUT2D eigenvalue weighted by molar-refractivity contribution is 0.495. The third-order valence-corrected chi connectivity index (χ3v) is 5.57. The fourth-order valence-electron chi connectivity index (χ4n) is 1.12. The van der Waals surface area contributed by atoms with E-state index in [9.17, 15) is 0 Å². The molecule has 0 radical (unpaired) electrons. The molecule has 0 fully saturated rings. The second kappa shape index (κ2) is 6.59. The minimum Gasteiger partial charge on any atom is -0.315 e. The van der Waals surface area contributed by atoms with E-state index in [1.807, 2.05) is 0 Å². The minimum atomic E-state index is -0.998. The SMILES string of the molecule is CCCNC(C)CNC(C)[Si](C)(C)C. The van der Waals surface area contributed by atoms with Crippen LogP contribution in [0.3, 0.4) is 0 Å². The van der Waals surface area contributed by atoms with Gasteiger partial charge in [-0.2, -0.15) is 0 Å². The van der Waals surface area contributed by atoms with Gasteiger partial charge in [-0.1, -0.05) is 33.5 Å². The smallest absolute Gasteiger partial charge is 0.0631 e. The Labute approximate surface area is 90.9 Å². The van der Waals surface area contributed by atoms with Crippen LogP contribution in [0, 0.1) is 0 Å². The second-order valence-corrected chi connectivity index (χ2v) is 10.9. The molecule has 0 bridgehead atoms. The van der Waals surface area contributed by atoms with Crippen LogP contribution in [-0.2, 0) is 0 Å². The van der Waals surface area contributed by atoms with Gasteiger partial charge < -0.3 is 10.6 Å². The van der Waals surface area contributed by atoms with E-state index in [4.69, 9.17) is 0 Å². The highest BCUT2D eigenvalue weighted by Crippen LogP contribution is 2.06. The third kappa shape index (κ3) is 6.57. The molecule has 2 nitrogen and oxygen atoms in total. The molecule has 3 heteroatoms. The van der Waals surface area contributed by atoms with Crippen LogP contribution >= 0.6 is 0 Å². The van der Waals surface area contributed by atoms with Gasteiger partial charge in [-0.25, -0.2) is 0 Å². The van der Waals surface area contributed by atoms with E-state index in [2.05, 4.69) is 51.0 Å². The Morgan fingerprint density at radius 3 is 2.07 bits per heavy atom. The lowest BCUT2D eigenvalue weighted by Gasteiger charge is -2.28. The Kier molecular flexibility index (Phi) is 6.65. The van der Waals surface area contributed by atoms with E-state index in [0.29, 0.717) is 11.7 Å². The molecule has 0 heterocycles. The standard InChI is InChI=1S/C11H28N2Si/c1-7-8-12-10(2)9-13-11(3)14(4,5)6/h10-13H,7-9H2,1-6H3. The molecule has 0 aromatic carbocycles. The summed E-state index contributed by atoms with van der Waals surface area (Å²) in [5.41, 5.74) is 0.702. The monoisotopic (exact) mass is 216 g/mol. The molecular formula is C11H28N2Si. The Bertz CT molecular complexity index is 143. The van der Waals surface area contributed by atoms with E-state index >= 15 is 0 Å². The van der Waals surface area contributed by atoms with Gasteiger partial charge in [0.2, 0.25) is 0 Å². The Balaban J connectivity index is 3.61. The van der Waals surface area contributed by atoms with Crippen molar-refractivity contribution in [2.75, 3.05) is 13.1 Å². The maximum absolute atomic E-state index is 3.63. The van der Waals surface area contributed by atoms with Crippen molar-refractivity contribution in [3.8, 4) is 0 Å². The molecule has 0 aromatic heterocycles. The van der Waals surface area contributed by atoms with Gasteiger partial charge in [-0.05, 0) is 25.6 Å². The number of hydrogen-bond acceptors (Lipinski definition) is 2. The van der Waals surface area contributed by atoms with Gasteiger partial charge in [-0.15, -0.1) is 0 Å². The van der Waals surface area contributed by atoms with Gasteiger partial charge in [-0.3, -0.25) is 0 Å². The van der Waals surface area contributed by atoms with Crippen LogP contribution in [0.4, 0.5) is 0 Å². The summed E-state index contributed by atoms with van der Waals surface area (Å²) in [7, 11) is -0.998. The first-order chi connectivity index (χ1) is 6.38. The molecule has 2 unspecified atom stereocenters. The van der Waals surface area contributed by atoms with Gasteiger partial charge in [0.05, 0.1) is 8.07 Å². The van der Waals surface area contributed by atoms with E-state index in [0.717, 1.165) is 13.1 Å². The lowest BCUT2D eigenvalue weighted by Crippen LogP contribution is -2.50. The molecule has 0 saturated heterocycles. The van der Waals surface area contributed by atoms with Crippen LogP contribution in [0.15, 0.2) is 0 Å². The van der Waals surface area contributed by atoms with Crippen LogP contribution in [0.25, 0.3) is 0 Å². The van der Waals surface area contributed by atoms with Crippen LogP contribution in [-0.4, -0.2) is 32.9 Å². The second-order valence-electron chi connectivity index (χ2n) is 5.35. The summed E-state index contributed by atoms with van der Waals surface area (Å²) < 4.78 is 0. The maximum Gasteiger partial charge on any atom is 0.0631 e. The molecule has 2 N–H and O–H groups in total. The Morgan fingerprint density at radius 2 is 1.64 bits per heavy atom. The van der Waals surface area contributed by atoms with Crippen LogP contribution in [0.2, 0.25) is 19.6 Å². The van der Waals surface area contributed by atoms with Crippen LogP contribution < -0.4 is 10.6 Å². The average Bonchev–Trinajstić information content (AvgIpc) is 2.09. The van der Waals surface area contributed by atoms with Gasteiger partial charge in [0.15, 0.2) is 0 Å². The highest BCUT2D eigenvalue weighted by atomic mass is 28.3. The van der Waals surface area contributed by atoms with E-state index < -0.39 is 8.07 Å². The Hall–Kier alpha value is 0.137. The molecule has 0 saturated carbocycles.